The smallest absolute Gasteiger partial charge is 0.337 e. The van der Waals surface area contributed by atoms with E-state index >= 15 is 0 Å². The highest BCUT2D eigenvalue weighted by Gasteiger charge is 2.39. The number of nitro groups is 1. The van der Waals surface area contributed by atoms with Crippen LogP contribution >= 0.6 is 0 Å². The number of hydrogen-bond donors (Lipinski definition) is 1. The van der Waals surface area contributed by atoms with Gasteiger partial charge in [-0.1, -0.05) is 42.5 Å². The van der Waals surface area contributed by atoms with Crippen LogP contribution in [-0.4, -0.2) is 48.1 Å². The summed E-state index contributed by atoms with van der Waals surface area (Å²) in [5.41, 5.74) is 3.01. The number of benzene rings is 2. The minimum absolute atomic E-state index is 0. The van der Waals surface area contributed by atoms with E-state index in [9.17, 15) is 19.7 Å². The Balaban J connectivity index is 0.00000400. The molecule has 2 aliphatic heterocycles. The maximum absolute atomic E-state index is 13.7. The molecule has 4 rings (SSSR count). The summed E-state index contributed by atoms with van der Waals surface area (Å²) in [4.78, 5) is 39.7. The summed E-state index contributed by atoms with van der Waals surface area (Å²) in [6.07, 6.45) is 1.31. The molecule has 9 nitrogen and oxygen atoms in total. The Labute approximate surface area is 228 Å². The average molecular weight is 541 g/mol. The van der Waals surface area contributed by atoms with E-state index in [1.54, 1.807) is 26.0 Å². The quantitative estimate of drug-likeness (QED) is 0.317. The fourth-order valence-corrected chi connectivity index (χ4v) is 5.11. The first-order valence-corrected chi connectivity index (χ1v) is 12.3. The van der Waals surface area contributed by atoms with Crippen LogP contribution in [-0.2, 0) is 25.6 Å². The molecule has 0 amide bonds. The highest BCUT2D eigenvalue weighted by atomic mass is 35.5. The fourth-order valence-electron chi connectivity index (χ4n) is 5.11. The largest absolute Gasteiger partial charge is 1.00 e. The molecule has 0 saturated carbocycles. The summed E-state index contributed by atoms with van der Waals surface area (Å²) < 4.78 is 11.0. The molecule has 10 heteroatoms. The van der Waals surface area contributed by atoms with Crippen molar-refractivity contribution in [2.45, 2.75) is 45.3 Å². The number of carbonyl (C=O) groups excluding carboxylic acids is 2. The molecule has 2 atom stereocenters. The Morgan fingerprint density at radius 1 is 1.05 bits per heavy atom. The Morgan fingerprint density at radius 3 is 2.39 bits per heavy atom. The number of methoxy groups -OCH3 is 1. The first-order valence-electron chi connectivity index (χ1n) is 12.3. The molecule has 2 heterocycles. The first kappa shape index (κ1) is 28.9. The van der Waals surface area contributed by atoms with E-state index in [-0.39, 0.29) is 35.3 Å². The van der Waals surface area contributed by atoms with Gasteiger partial charge in [-0.05, 0) is 44.4 Å². The number of rotatable bonds is 7. The van der Waals surface area contributed by atoms with E-state index in [1.165, 1.54) is 24.8 Å². The molecule has 1 fully saturated rings. The standard InChI is InChI=1S/C28H31N3O6.ClH/c1-18-24(27(32)36-3)26(21-11-7-12-22(15-21)31(34)35)25(19(2)29-18)28(33)37-23-13-8-14-30(17-23)16-20-9-5-4-6-10-20;/h4-7,9-12,15,23,26,29H,8,13-14,16-17H2,1-3H3;1H/p-1/t23-,26-;/m1./s1. The molecule has 1 saturated heterocycles. The lowest BCUT2D eigenvalue weighted by Gasteiger charge is -2.34. The maximum atomic E-state index is 13.7. The van der Waals surface area contributed by atoms with E-state index in [0.29, 0.717) is 23.5 Å². The zero-order valence-corrected chi connectivity index (χ0v) is 22.4. The summed E-state index contributed by atoms with van der Waals surface area (Å²) in [7, 11) is 1.26. The van der Waals surface area contributed by atoms with Gasteiger partial charge in [0.1, 0.15) is 6.10 Å². The van der Waals surface area contributed by atoms with Crippen LogP contribution in [0.15, 0.2) is 77.1 Å². The van der Waals surface area contributed by atoms with Crippen molar-refractivity contribution in [2.24, 2.45) is 0 Å². The van der Waals surface area contributed by atoms with Crippen LogP contribution in [0.25, 0.3) is 0 Å². The molecular weight excluding hydrogens is 510 g/mol. The fraction of sp³-hybridized carbons (Fsp3) is 0.357. The van der Waals surface area contributed by atoms with Gasteiger partial charge in [0.15, 0.2) is 0 Å². The number of carbonyl (C=O) groups is 2. The van der Waals surface area contributed by atoms with Gasteiger partial charge in [0.2, 0.25) is 0 Å². The van der Waals surface area contributed by atoms with Gasteiger partial charge in [-0.3, -0.25) is 15.0 Å². The Kier molecular flexibility index (Phi) is 9.66. The first-order chi connectivity index (χ1) is 17.8. The Bertz CT molecular complexity index is 1260. The van der Waals surface area contributed by atoms with Gasteiger partial charge >= 0.3 is 11.9 Å². The minimum Gasteiger partial charge on any atom is -1.00 e. The number of nitrogens with zero attached hydrogens (tertiary/aromatic N) is 2. The number of non-ortho nitro benzene ring substituents is 1. The van der Waals surface area contributed by atoms with Crippen LogP contribution in [0.4, 0.5) is 5.69 Å². The molecule has 0 spiro atoms. The lowest BCUT2D eigenvalue weighted by atomic mass is 9.80. The average Bonchev–Trinajstić information content (AvgIpc) is 2.88. The van der Waals surface area contributed by atoms with E-state index < -0.39 is 22.8 Å². The number of nitrogens with one attached hydrogen (secondary N) is 1. The summed E-state index contributed by atoms with van der Waals surface area (Å²) in [5, 5.41) is 14.6. The van der Waals surface area contributed by atoms with Gasteiger partial charge in [0, 0.05) is 36.6 Å². The zero-order valence-electron chi connectivity index (χ0n) is 21.6. The number of ether oxygens (including phenoxy) is 2. The molecule has 2 aromatic rings. The number of allylic oxidation sites excluding steroid dienone is 2. The monoisotopic (exact) mass is 540 g/mol. The molecule has 0 aliphatic carbocycles. The summed E-state index contributed by atoms with van der Waals surface area (Å²) in [6.45, 7) is 5.73. The van der Waals surface area contributed by atoms with E-state index in [4.69, 9.17) is 9.47 Å². The van der Waals surface area contributed by atoms with Crippen molar-refractivity contribution in [3.8, 4) is 0 Å². The number of nitro benzene ring substituents is 1. The van der Waals surface area contributed by atoms with Crippen molar-refractivity contribution >= 4 is 17.6 Å². The molecule has 202 valence electrons. The molecule has 0 bridgehead atoms. The highest BCUT2D eigenvalue weighted by molar-refractivity contribution is 6.00. The van der Waals surface area contributed by atoms with Crippen LogP contribution in [0.3, 0.4) is 0 Å². The number of dihydropyridines is 1. The van der Waals surface area contributed by atoms with Crippen molar-refractivity contribution < 1.29 is 36.4 Å². The highest BCUT2D eigenvalue weighted by Crippen LogP contribution is 2.40. The van der Waals surface area contributed by atoms with Crippen molar-refractivity contribution in [3.05, 3.63) is 98.4 Å². The third-order valence-corrected chi connectivity index (χ3v) is 6.78. The van der Waals surface area contributed by atoms with Gasteiger partial charge in [0.25, 0.3) is 5.69 Å². The number of halogens is 1. The predicted molar refractivity (Wildman–Crippen MR) is 137 cm³/mol. The lowest BCUT2D eigenvalue weighted by molar-refractivity contribution is -0.384. The van der Waals surface area contributed by atoms with Crippen LogP contribution in [0.1, 0.15) is 43.7 Å². The minimum atomic E-state index is -0.870. The zero-order chi connectivity index (χ0) is 26.5. The van der Waals surface area contributed by atoms with Crippen LogP contribution < -0.4 is 17.7 Å². The molecule has 38 heavy (non-hydrogen) atoms. The number of likely N-dealkylation sites (tertiary alicyclic amines) is 1. The molecule has 0 aromatic heterocycles. The molecule has 2 aliphatic rings. The third-order valence-electron chi connectivity index (χ3n) is 6.78. The summed E-state index contributed by atoms with van der Waals surface area (Å²) in [6, 6.07) is 16.1. The maximum Gasteiger partial charge on any atom is 0.337 e. The second-order valence-corrected chi connectivity index (χ2v) is 9.37. The van der Waals surface area contributed by atoms with E-state index in [2.05, 4.69) is 22.3 Å². The van der Waals surface area contributed by atoms with Gasteiger partial charge in [-0.25, -0.2) is 9.59 Å². The van der Waals surface area contributed by atoms with Crippen molar-refractivity contribution in [1.82, 2.24) is 10.2 Å². The van der Waals surface area contributed by atoms with Crippen molar-refractivity contribution in [3.63, 3.8) is 0 Å². The van der Waals surface area contributed by atoms with Crippen molar-refractivity contribution in [1.29, 1.82) is 0 Å². The molecule has 2 aromatic carbocycles. The SMILES string of the molecule is COC(=O)C1=C(C)NC(C)=C(C(=O)O[C@@H]2CCCN(Cc3ccccc3)C2)[C@@H]1c1cccc([N+](=O)[O-])c1.[Cl-]. The van der Waals surface area contributed by atoms with Crippen LogP contribution in [0.5, 0.6) is 0 Å². The number of piperidine rings is 1. The summed E-state index contributed by atoms with van der Waals surface area (Å²) in [5.74, 6) is -2.04. The summed E-state index contributed by atoms with van der Waals surface area (Å²) >= 11 is 0. The Morgan fingerprint density at radius 2 is 1.74 bits per heavy atom. The Hall–Kier alpha value is -3.69. The predicted octanol–water partition coefficient (Wildman–Crippen LogP) is 1.21. The molecule has 0 radical (unpaired) electrons. The number of hydrogen-bond acceptors (Lipinski definition) is 8. The van der Waals surface area contributed by atoms with Gasteiger partial charge in [-0.15, -0.1) is 0 Å². The van der Waals surface area contributed by atoms with Crippen LogP contribution in [0.2, 0.25) is 0 Å². The van der Waals surface area contributed by atoms with Crippen LogP contribution in [0, 0.1) is 10.1 Å². The topological polar surface area (TPSA) is 111 Å². The van der Waals surface area contributed by atoms with Crippen molar-refractivity contribution in [2.75, 3.05) is 20.2 Å². The third kappa shape index (κ3) is 6.41. The normalized spacial score (nSPS) is 19.8. The second kappa shape index (κ2) is 12.7. The van der Waals surface area contributed by atoms with E-state index in [1.807, 2.05) is 18.2 Å². The second-order valence-electron chi connectivity index (χ2n) is 9.37. The van der Waals surface area contributed by atoms with Gasteiger partial charge < -0.3 is 27.2 Å². The molecular formula is C28H31ClN3O6-. The molecule has 0 unspecified atom stereocenters. The van der Waals surface area contributed by atoms with Gasteiger partial charge in [-0.2, -0.15) is 0 Å². The lowest BCUT2D eigenvalue weighted by Crippen LogP contribution is -3.00. The van der Waals surface area contributed by atoms with E-state index in [0.717, 1.165) is 25.9 Å². The van der Waals surface area contributed by atoms with Gasteiger partial charge in [0.05, 0.1) is 29.1 Å². The number of esters is 2. The molecule has 1 N–H and O–H groups in total.